The first kappa shape index (κ1) is 16.3. The van der Waals surface area contributed by atoms with Crippen molar-refractivity contribution in [3.8, 4) is 0 Å². The molecule has 0 bridgehead atoms. The number of nitrogens with two attached hydrogens (primary N) is 1. The molecule has 2 aromatic rings. The highest BCUT2D eigenvalue weighted by Crippen LogP contribution is 2.18. The molecule has 1 amide bonds. The summed E-state index contributed by atoms with van der Waals surface area (Å²) >= 11 is 6.00. The number of nitrogens with zero attached hydrogens (tertiary/aromatic N) is 1. The topological polar surface area (TPSA) is 77.1 Å². The number of benzene rings is 1. The lowest BCUT2D eigenvalue weighted by Gasteiger charge is -2.12. The van der Waals surface area contributed by atoms with Crippen molar-refractivity contribution in [2.45, 2.75) is 13.0 Å². The number of rotatable bonds is 6. The fraction of sp³-hybridized carbons (Fsp3) is 0.250. The average Bonchev–Trinajstić information content (AvgIpc) is 2.50. The molecule has 1 heterocycles. The van der Waals surface area contributed by atoms with Crippen molar-refractivity contribution in [2.75, 3.05) is 13.1 Å². The number of fused-ring (bicyclic) bond motifs is 1. The number of hydrogen-bond acceptors (Lipinski definition) is 3. The molecule has 5 nitrogen and oxygen atoms in total. The minimum Gasteiger partial charge on any atom is -0.352 e. The summed E-state index contributed by atoms with van der Waals surface area (Å²) < 4.78 is 1.79. The van der Waals surface area contributed by atoms with Gasteiger partial charge in [-0.1, -0.05) is 17.7 Å². The maximum Gasteiger partial charge on any atom is 0.256 e. The van der Waals surface area contributed by atoms with Crippen molar-refractivity contribution < 1.29 is 4.79 Å². The largest absolute Gasteiger partial charge is 0.352 e. The Morgan fingerprint density at radius 2 is 2.23 bits per heavy atom. The van der Waals surface area contributed by atoms with Crippen molar-refractivity contribution in [1.82, 2.24) is 9.88 Å². The third-order valence-corrected chi connectivity index (χ3v) is 3.52. The summed E-state index contributed by atoms with van der Waals surface area (Å²) in [7, 11) is 0. The van der Waals surface area contributed by atoms with Gasteiger partial charge in [0.2, 0.25) is 5.43 Å². The van der Waals surface area contributed by atoms with Gasteiger partial charge in [-0.3, -0.25) is 9.59 Å². The van der Waals surface area contributed by atoms with Crippen LogP contribution in [0.15, 0.2) is 41.8 Å². The highest BCUT2D eigenvalue weighted by Gasteiger charge is 2.15. The second-order valence-electron chi connectivity index (χ2n) is 4.87. The first-order chi connectivity index (χ1) is 10.6. The van der Waals surface area contributed by atoms with Crippen molar-refractivity contribution >= 4 is 28.4 Å². The SMILES string of the molecule is C=CCn1cc(C(=O)NCCCN)c(=O)c2ccc(Cl)cc21. The van der Waals surface area contributed by atoms with Crippen LogP contribution in [0.2, 0.25) is 5.02 Å². The second-order valence-corrected chi connectivity index (χ2v) is 5.31. The summed E-state index contributed by atoms with van der Waals surface area (Å²) in [4.78, 5) is 24.7. The van der Waals surface area contributed by atoms with Gasteiger partial charge in [0, 0.05) is 29.7 Å². The molecule has 0 saturated heterocycles. The molecule has 0 atom stereocenters. The van der Waals surface area contributed by atoms with Gasteiger partial charge in [-0.25, -0.2) is 0 Å². The number of aromatic nitrogens is 1. The van der Waals surface area contributed by atoms with Gasteiger partial charge < -0.3 is 15.6 Å². The number of carbonyl (C=O) groups excluding carboxylic acids is 1. The van der Waals surface area contributed by atoms with E-state index in [-0.39, 0.29) is 11.0 Å². The molecule has 6 heteroatoms. The van der Waals surface area contributed by atoms with Gasteiger partial charge in [-0.05, 0) is 31.2 Å². The van der Waals surface area contributed by atoms with Gasteiger partial charge in [0.25, 0.3) is 5.91 Å². The van der Waals surface area contributed by atoms with Crippen LogP contribution in [-0.2, 0) is 6.54 Å². The number of pyridine rings is 1. The number of hydrogen-bond donors (Lipinski definition) is 2. The van der Waals surface area contributed by atoms with Crippen LogP contribution in [0.5, 0.6) is 0 Å². The van der Waals surface area contributed by atoms with Gasteiger partial charge in [0.1, 0.15) is 5.56 Å². The quantitative estimate of drug-likeness (QED) is 0.631. The number of halogens is 1. The third-order valence-electron chi connectivity index (χ3n) is 3.28. The Morgan fingerprint density at radius 1 is 1.45 bits per heavy atom. The lowest BCUT2D eigenvalue weighted by molar-refractivity contribution is 0.0952. The molecule has 1 aromatic carbocycles. The molecule has 22 heavy (non-hydrogen) atoms. The molecule has 1 aromatic heterocycles. The summed E-state index contributed by atoms with van der Waals surface area (Å²) in [5.74, 6) is -0.395. The van der Waals surface area contributed by atoms with Gasteiger partial charge in [0.15, 0.2) is 0 Å². The number of carbonyl (C=O) groups is 1. The van der Waals surface area contributed by atoms with Crippen molar-refractivity contribution in [2.24, 2.45) is 5.73 Å². The second kappa shape index (κ2) is 7.24. The standard InChI is InChI=1S/C16H18ClN3O2/c1-2-8-20-10-13(16(22)19-7-3-6-18)15(21)12-5-4-11(17)9-14(12)20/h2,4-5,9-10H,1,3,6-8,18H2,(H,19,22). The van der Waals surface area contributed by atoms with Gasteiger partial charge >= 0.3 is 0 Å². The van der Waals surface area contributed by atoms with Crippen molar-refractivity contribution in [3.05, 3.63) is 57.9 Å². The monoisotopic (exact) mass is 319 g/mol. The Kier molecular flexibility index (Phi) is 5.35. The normalized spacial score (nSPS) is 10.6. The van der Waals surface area contributed by atoms with Gasteiger partial charge in [0.05, 0.1) is 5.52 Å². The Balaban J connectivity index is 2.53. The Bertz CT molecular complexity index is 768. The van der Waals surface area contributed by atoms with E-state index < -0.39 is 5.91 Å². The minimum absolute atomic E-state index is 0.105. The molecule has 0 fully saturated rings. The Labute approximate surface area is 133 Å². The predicted molar refractivity (Wildman–Crippen MR) is 89.4 cm³/mol. The summed E-state index contributed by atoms with van der Waals surface area (Å²) in [5.41, 5.74) is 5.87. The maximum absolute atomic E-state index is 12.5. The van der Waals surface area contributed by atoms with Crippen LogP contribution in [0.3, 0.4) is 0 Å². The summed E-state index contributed by atoms with van der Waals surface area (Å²) in [6.45, 7) is 5.09. The first-order valence-electron chi connectivity index (χ1n) is 7.00. The van der Waals surface area contributed by atoms with E-state index in [4.69, 9.17) is 17.3 Å². The fourth-order valence-electron chi connectivity index (χ4n) is 2.21. The Morgan fingerprint density at radius 3 is 2.91 bits per heavy atom. The summed E-state index contributed by atoms with van der Waals surface area (Å²) in [6, 6.07) is 4.98. The number of amides is 1. The van der Waals surface area contributed by atoms with Crippen LogP contribution in [0.4, 0.5) is 0 Å². The first-order valence-corrected chi connectivity index (χ1v) is 7.38. The molecule has 0 unspecified atom stereocenters. The molecule has 0 spiro atoms. The molecule has 116 valence electrons. The van der Waals surface area contributed by atoms with Gasteiger partial charge in [-0.15, -0.1) is 6.58 Å². The summed E-state index contributed by atoms with van der Waals surface area (Å²) in [6.07, 6.45) is 3.90. The molecule has 0 aliphatic carbocycles. The molecular weight excluding hydrogens is 302 g/mol. The lowest BCUT2D eigenvalue weighted by Crippen LogP contribution is -2.31. The van der Waals surface area contributed by atoms with Crippen molar-refractivity contribution in [1.29, 1.82) is 0 Å². The van der Waals surface area contributed by atoms with E-state index in [0.29, 0.717) is 42.0 Å². The van der Waals surface area contributed by atoms with Crippen molar-refractivity contribution in [3.63, 3.8) is 0 Å². The van der Waals surface area contributed by atoms with Crippen LogP contribution in [0, 0.1) is 0 Å². The van der Waals surface area contributed by atoms with Gasteiger partial charge in [-0.2, -0.15) is 0 Å². The number of nitrogens with one attached hydrogen (secondary N) is 1. The van der Waals surface area contributed by atoms with E-state index in [0.717, 1.165) is 0 Å². The molecule has 0 aliphatic rings. The summed E-state index contributed by atoms with van der Waals surface area (Å²) in [5, 5.41) is 3.69. The van der Waals surface area contributed by atoms with Crippen LogP contribution >= 0.6 is 11.6 Å². The number of allylic oxidation sites excluding steroid dienone is 1. The molecule has 0 radical (unpaired) electrons. The minimum atomic E-state index is -0.395. The fourth-order valence-corrected chi connectivity index (χ4v) is 2.38. The van der Waals surface area contributed by atoms with E-state index in [1.807, 2.05) is 0 Å². The van der Waals surface area contributed by atoms with Crippen LogP contribution in [0.1, 0.15) is 16.8 Å². The lowest BCUT2D eigenvalue weighted by atomic mass is 10.1. The smallest absolute Gasteiger partial charge is 0.256 e. The molecule has 3 N–H and O–H groups in total. The maximum atomic E-state index is 12.5. The molecule has 2 rings (SSSR count). The van der Waals surface area contributed by atoms with E-state index >= 15 is 0 Å². The zero-order valence-corrected chi connectivity index (χ0v) is 12.9. The zero-order valence-electron chi connectivity index (χ0n) is 12.1. The average molecular weight is 320 g/mol. The predicted octanol–water partition coefficient (Wildman–Crippen LogP) is 1.92. The molecule has 0 saturated carbocycles. The van der Waals surface area contributed by atoms with E-state index in [9.17, 15) is 9.59 Å². The van der Waals surface area contributed by atoms with E-state index in [1.54, 1.807) is 35.0 Å². The molecule has 0 aliphatic heterocycles. The highest BCUT2D eigenvalue weighted by molar-refractivity contribution is 6.31. The third kappa shape index (κ3) is 3.37. The van der Waals surface area contributed by atoms with Crippen LogP contribution in [0.25, 0.3) is 10.9 Å². The highest BCUT2D eigenvalue weighted by atomic mass is 35.5. The van der Waals surface area contributed by atoms with Crippen LogP contribution in [-0.4, -0.2) is 23.6 Å². The van der Waals surface area contributed by atoms with E-state index in [1.165, 1.54) is 0 Å². The van der Waals surface area contributed by atoms with E-state index in [2.05, 4.69) is 11.9 Å². The van der Waals surface area contributed by atoms with Crippen LogP contribution < -0.4 is 16.5 Å². The zero-order chi connectivity index (χ0) is 16.1. The Hall–Kier alpha value is -2.11. The molecular formula is C16H18ClN3O2.